The second-order valence-corrected chi connectivity index (χ2v) is 6.39. The molecule has 1 atom stereocenters. The lowest BCUT2D eigenvalue weighted by atomic mass is 10.0. The maximum Gasteiger partial charge on any atom is 0.490 e. The Kier molecular flexibility index (Phi) is 12.7. The molecule has 0 heterocycles. The number of para-hydroxylation sites is 1. The van der Waals surface area contributed by atoms with Crippen LogP contribution in [0.1, 0.15) is 18.5 Å². The third-order valence-corrected chi connectivity index (χ3v) is 3.91. The number of carboxylic acids is 2. The van der Waals surface area contributed by atoms with Crippen molar-refractivity contribution >= 4 is 11.9 Å². The van der Waals surface area contributed by atoms with Gasteiger partial charge in [-0.2, -0.15) is 26.3 Å². The molecule has 0 saturated heterocycles. The maximum absolute atomic E-state index is 10.6. The Balaban J connectivity index is 0.000000642. The van der Waals surface area contributed by atoms with E-state index in [1.54, 1.807) is 7.11 Å². The van der Waals surface area contributed by atoms with Gasteiger partial charge in [0.1, 0.15) is 5.75 Å². The van der Waals surface area contributed by atoms with Crippen LogP contribution in [0.15, 0.2) is 48.5 Å². The summed E-state index contributed by atoms with van der Waals surface area (Å²) in [6, 6.07) is 16.9. The van der Waals surface area contributed by atoms with Crippen molar-refractivity contribution in [3.8, 4) is 16.9 Å². The van der Waals surface area contributed by atoms with E-state index in [1.165, 1.54) is 5.56 Å². The molecular weight excluding hydrogens is 474 g/mol. The van der Waals surface area contributed by atoms with Crippen LogP contribution in [0.2, 0.25) is 0 Å². The van der Waals surface area contributed by atoms with E-state index >= 15 is 0 Å². The second kappa shape index (κ2) is 14.1. The molecule has 0 radical (unpaired) electrons. The largest absolute Gasteiger partial charge is 0.496 e. The highest BCUT2D eigenvalue weighted by Gasteiger charge is 2.38. The number of ether oxygens (including phenoxy) is 1. The van der Waals surface area contributed by atoms with E-state index < -0.39 is 24.3 Å². The zero-order valence-electron chi connectivity index (χ0n) is 18.1. The van der Waals surface area contributed by atoms with Crippen molar-refractivity contribution in [1.82, 2.24) is 5.32 Å². The standard InChI is InChI=1S/C17H22N2O.2C2HF3O2/c1-13(19-12-11-18)14-7-9-15(10-8-14)16-5-3-4-6-17(16)20-2;2*3-2(4,5)1(6)7/h3-10,13,19H,11-12,18H2,1-2H3;2*(H,6,7). The van der Waals surface area contributed by atoms with E-state index in [9.17, 15) is 26.3 Å². The molecule has 13 heteroatoms. The van der Waals surface area contributed by atoms with Gasteiger partial charge in [-0.25, -0.2) is 9.59 Å². The number of carbonyl (C=O) groups is 2. The highest BCUT2D eigenvalue weighted by atomic mass is 19.4. The van der Waals surface area contributed by atoms with Crippen LogP contribution in [-0.2, 0) is 9.59 Å². The van der Waals surface area contributed by atoms with Crippen LogP contribution in [0.3, 0.4) is 0 Å². The molecule has 0 amide bonds. The quantitative estimate of drug-likeness (QED) is 0.440. The monoisotopic (exact) mass is 498 g/mol. The van der Waals surface area contributed by atoms with Gasteiger partial charge in [-0.05, 0) is 24.1 Å². The average Bonchev–Trinajstić information content (AvgIpc) is 2.77. The van der Waals surface area contributed by atoms with Gasteiger partial charge >= 0.3 is 24.3 Å². The number of halogens is 6. The van der Waals surface area contributed by atoms with E-state index in [-0.39, 0.29) is 0 Å². The third-order valence-electron chi connectivity index (χ3n) is 3.91. The number of methoxy groups -OCH3 is 1. The molecule has 0 fully saturated rings. The molecule has 2 aromatic carbocycles. The summed E-state index contributed by atoms with van der Waals surface area (Å²) in [6.45, 7) is 3.63. The molecule has 0 aromatic heterocycles. The van der Waals surface area contributed by atoms with Crippen LogP contribution >= 0.6 is 0 Å². The molecule has 0 aliphatic rings. The molecule has 2 rings (SSSR count). The normalized spacial score (nSPS) is 11.8. The van der Waals surface area contributed by atoms with Crippen molar-refractivity contribution in [2.24, 2.45) is 5.73 Å². The van der Waals surface area contributed by atoms with Gasteiger partial charge in [-0.3, -0.25) is 0 Å². The molecule has 1 unspecified atom stereocenters. The van der Waals surface area contributed by atoms with Gasteiger partial charge in [0.25, 0.3) is 0 Å². The first-order chi connectivity index (χ1) is 15.6. The lowest BCUT2D eigenvalue weighted by Gasteiger charge is -2.14. The fourth-order valence-electron chi connectivity index (χ4n) is 2.25. The van der Waals surface area contributed by atoms with Gasteiger partial charge in [0.05, 0.1) is 7.11 Å². The topological polar surface area (TPSA) is 122 Å². The van der Waals surface area contributed by atoms with E-state index in [0.29, 0.717) is 12.6 Å². The van der Waals surface area contributed by atoms with Crippen LogP contribution in [0.4, 0.5) is 26.3 Å². The molecule has 34 heavy (non-hydrogen) atoms. The first-order valence-corrected chi connectivity index (χ1v) is 9.42. The van der Waals surface area contributed by atoms with Crippen LogP contribution in [0, 0.1) is 0 Å². The van der Waals surface area contributed by atoms with E-state index in [2.05, 4.69) is 42.6 Å². The van der Waals surface area contributed by atoms with Crippen molar-refractivity contribution < 1.29 is 50.9 Å². The van der Waals surface area contributed by atoms with Crippen molar-refractivity contribution in [1.29, 1.82) is 0 Å². The summed E-state index contributed by atoms with van der Waals surface area (Å²) in [5.74, 6) is -4.62. The number of benzene rings is 2. The highest BCUT2D eigenvalue weighted by Crippen LogP contribution is 2.30. The van der Waals surface area contributed by atoms with E-state index in [4.69, 9.17) is 30.3 Å². The number of nitrogens with two attached hydrogens (primary N) is 1. The molecular formula is C21H24F6N2O5. The minimum absolute atomic E-state index is 0.310. The van der Waals surface area contributed by atoms with E-state index in [1.807, 2.05) is 18.2 Å². The Morgan fingerprint density at radius 3 is 1.76 bits per heavy atom. The highest BCUT2D eigenvalue weighted by molar-refractivity contribution is 5.73. The van der Waals surface area contributed by atoms with Gasteiger partial charge in [0.2, 0.25) is 0 Å². The number of hydrogen-bond acceptors (Lipinski definition) is 5. The first-order valence-electron chi connectivity index (χ1n) is 9.42. The van der Waals surface area contributed by atoms with Crippen molar-refractivity contribution in [3.05, 3.63) is 54.1 Å². The summed E-state index contributed by atoms with van der Waals surface area (Å²) >= 11 is 0. The molecule has 0 aliphatic carbocycles. The molecule has 7 nitrogen and oxygen atoms in total. The summed E-state index contributed by atoms with van der Waals surface area (Å²) in [5, 5.41) is 17.6. The van der Waals surface area contributed by atoms with Gasteiger partial charge in [0, 0.05) is 24.7 Å². The number of rotatable bonds is 6. The Bertz CT molecular complexity index is 878. The molecule has 2 aromatic rings. The zero-order valence-corrected chi connectivity index (χ0v) is 18.1. The first kappa shape index (κ1) is 30.7. The SMILES string of the molecule is COc1ccccc1-c1ccc(C(C)NCCN)cc1.O=C(O)C(F)(F)F.O=C(O)C(F)(F)F. The van der Waals surface area contributed by atoms with Gasteiger partial charge in [-0.15, -0.1) is 0 Å². The zero-order chi connectivity index (χ0) is 26.5. The van der Waals surface area contributed by atoms with E-state index in [0.717, 1.165) is 23.4 Å². The Hall–Kier alpha value is -3.32. The van der Waals surface area contributed by atoms with Gasteiger partial charge < -0.3 is 26.0 Å². The fraction of sp³-hybridized carbons (Fsp3) is 0.333. The predicted molar refractivity (Wildman–Crippen MR) is 111 cm³/mol. The fourth-order valence-corrected chi connectivity index (χ4v) is 2.25. The number of carboxylic acid groups (broad SMARTS) is 2. The minimum atomic E-state index is -5.08. The summed E-state index contributed by atoms with van der Waals surface area (Å²) in [6.07, 6.45) is -10.2. The van der Waals surface area contributed by atoms with Crippen molar-refractivity contribution in [2.45, 2.75) is 25.3 Å². The Morgan fingerprint density at radius 1 is 0.941 bits per heavy atom. The second-order valence-electron chi connectivity index (χ2n) is 6.39. The summed E-state index contributed by atoms with van der Waals surface area (Å²) in [7, 11) is 1.70. The molecule has 0 saturated carbocycles. The summed E-state index contributed by atoms with van der Waals surface area (Å²) in [5.41, 5.74) is 9.05. The maximum atomic E-state index is 10.6. The number of aliphatic carboxylic acids is 2. The number of nitrogens with one attached hydrogen (secondary N) is 1. The van der Waals surface area contributed by atoms with Crippen molar-refractivity contribution in [3.63, 3.8) is 0 Å². The molecule has 5 N–H and O–H groups in total. The Labute approximate surface area is 191 Å². The number of hydrogen-bond donors (Lipinski definition) is 4. The Morgan fingerprint density at radius 2 is 1.38 bits per heavy atom. The predicted octanol–water partition coefficient (Wildman–Crippen LogP) is 4.24. The van der Waals surface area contributed by atoms with Crippen LogP contribution in [0.25, 0.3) is 11.1 Å². The molecule has 0 spiro atoms. The molecule has 190 valence electrons. The molecule has 0 aliphatic heterocycles. The van der Waals surface area contributed by atoms with Crippen LogP contribution in [0.5, 0.6) is 5.75 Å². The summed E-state index contributed by atoms with van der Waals surface area (Å²) < 4.78 is 68.9. The van der Waals surface area contributed by atoms with Gasteiger partial charge in [0.15, 0.2) is 0 Å². The number of alkyl halides is 6. The van der Waals surface area contributed by atoms with Crippen LogP contribution < -0.4 is 15.8 Å². The summed E-state index contributed by atoms with van der Waals surface area (Å²) in [4.78, 5) is 17.8. The average molecular weight is 498 g/mol. The van der Waals surface area contributed by atoms with Crippen molar-refractivity contribution in [2.75, 3.05) is 20.2 Å². The smallest absolute Gasteiger partial charge is 0.490 e. The third kappa shape index (κ3) is 11.5. The lowest BCUT2D eigenvalue weighted by molar-refractivity contribution is -0.193. The molecule has 0 bridgehead atoms. The van der Waals surface area contributed by atoms with Gasteiger partial charge in [-0.1, -0.05) is 42.5 Å². The lowest BCUT2D eigenvalue weighted by Crippen LogP contribution is -2.25. The minimum Gasteiger partial charge on any atom is -0.496 e. The van der Waals surface area contributed by atoms with Crippen LogP contribution in [-0.4, -0.2) is 54.7 Å².